The molecular weight excluding hydrogens is 212 g/mol. The van der Waals surface area contributed by atoms with Crippen LogP contribution in [0.2, 0.25) is 0 Å². The molecule has 0 spiro atoms. The largest absolute Gasteiger partial charge is 0.351 e. The zero-order valence-electron chi connectivity index (χ0n) is 10.2. The number of nitriles is 1. The summed E-state index contributed by atoms with van der Waals surface area (Å²) in [6.07, 6.45) is 7.89. The van der Waals surface area contributed by atoms with Gasteiger partial charge in [0.25, 0.3) is 0 Å². The van der Waals surface area contributed by atoms with Crippen LogP contribution in [-0.2, 0) is 0 Å². The molecule has 17 heavy (non-hydrogen) atoms. The highest BCUT2D eigenvalue weighted by molar-refractivity contribution is 5.31. The van der Waals surface area contributed by atoms with Crippen LogP contribution in [-0.4, -0.2) is 16.0 Å². The molecular formula is C13H18N4. The van der Waals surface area contributed by atoms with Crippen LogP contribution in [0.4, 0.5) is 5.95 Å². The van der Waals surface area contributed by atoms with Gasteiger partial charge in [0.1, 0.15) is 11.8 Å². The van der Waals surface area contributed by atoms with Crippen molar-refractivity contribution in [3.8, 4) is 6.07 Å². The fourth-order valence-corrected chi connectivity index (χ4v) is 2.54. The molecule has 2 unspecified atom stereocenters. The van der Waals surface area contributed by atoms with Crippen molar-refractivity contribution in [1.29, 1.82) is 5.26 Å². The van der Waals surface area contributed by atoms with Crippen molar-refractivity contribution in [3.63, 3.8) is 0 Å². The Morgan fingerprint density at radius 3 is 3.06 bits per heavy atom. The third-order valence-corrected chi connectivity index (χ3v) is 3.52. The van der Waals surface area contributed by atoms with Crippen LogP contribution in [0.3, 0.4) is 0 Å². The summed E-state index contributed by atoms with van der Waals surface area (Å²) in [5, 5.41) is 12.2. The van der Waals surface area contributed by atoms with E-state index in [0.29, 0.717) is 23.6 Å². The maximum Gasteiger partial charge on any atom is 0.224 e. The fourth-order valence-electron chi connectivity index (χ4n) is 2.54. The topological polar surface area (TPSA) is 61.6 Å². The number of anilines is 1. The predicted octanol–water partition coefficient (Wildman–Crippen LogP) is 2.73. The molecule has 1 aliphatic rings. The molecule has 0 aromatic carbocycles. The summed E-state index contributed by atoms with van der Waals surface area (Å²) >= 11 is 0. The van der Waals surface area contributed by atoms with Crippen LogP contribution in [0.1, 0.15) is 44.7 Å². The molecule has 4 nitrogen and oxygen atoms in total. The molecule has 2 atom stereocenters. The minimum Gasteiger partial charge on any atom is -0.351 e. The summed E-state index contributed by atoms with van der Waals surface area (Å²) in [5.74, 6) is 1.30. The van der Waals surface area contributed by atoms with Gasteiger partial charge in [0.05, 0.1) is 0 Å². The van der Waals surface area contributed by atoms with Gasteiger partial charge in [-0.1, -0.05) is 26.2 Å². The van der Waals surface area contributed by atoms with Gasteiger partial charge in [0.2, 0.25) is 5.95 Å². The van der Waals surface area contributed by atoms with Crippen molar-refractivity contribution >= 4 is 5.95 Å². The Balaban J connectivity index is 2.06. The molecule has 1 aromatic heterocycles. The number of hydrogen-bond donors (Lipinski definition) is 1. The first kappa shape index (κ1) is 11.8. The van der Waals surface area contributed by atoms with E-state index in [9.17, 15) is 0 Å². The zero-order chi connectivity index (χ0) is 12.1. The molecule has 1 fully saturated rings. The first-order valence-electron chi connectivity index (χ1n) is 6.33. The Labute approximate surface area is 102 Å². The average molecular weight is 230 g/mol. The SMILES string of the molecule is CCC1CCCCC1Nc1nccc(C#N)n1. The van der Waals surface area contributed by atoms with Gasteiger partial charge >= 0.3 is 0 Å². The summed E-state index contributed by atoms with van der Waals surface area (Å²) < 4.78 is 0. The number of aromatic nitrogens is 2. The molecule has 0 aliphatic heterocycles. The Hall–Kier alpha value is -1.63. The number of nitrogens with zero attached hydrogens (tertiary/aromatic N) is 3. The minimum absolute atomic E-state index is 0.423. The summed E-state index contributed by atoms with van der Waals surface area (Å²) in [6, 6.07) is 4.13. The number of nitrogens with one attached hydrogen (secondary N) is 1. The zero-order valence-corrected chi connectivity index (χ0v) is 10.2. The van der Waals surface area contributed by atoms with E-state index < -0.39 is 0 Å². The minimum atomic E-state index is 0.423. The lowest BCUT2D eigenvalue weighted by Crippen LogP contribution is -2.32. The van der Waals surface area contributed by atoms with Crippen molar-refractivity contribution in [1.82, 2.24) is 9.97 Å². The molecule has 0 bridgehead atoms. The normalized spacial score (nSPS) is 24.0. The lowest BCUT2D eigenvalue weighted by atomic mass is 9.83. The van der Waals surface area contributed by atoms with Crippen molar-refractivity contribution in [2.75, 3.05) is 5.32 Å². The third kappa shape index (κ3) is 2.94. The Kier molecular flexibility index (Phi) is 3.92. The van der Waals surface area contributed by atoms with Gasteiger partial charge in [-0.3, -0.25) is 0 Å². The lowest BCUT2D eigenvalue weighted by molar-refractivity contribution is 0.316. The van der Waals surface area contributed by atoms with Gasteiger partial charge < -0.3 is 5.32 Å². The van der Waals surface area contributed by atoms with Crippen LogP contribution in [0, 0.1) is 17.2 Å². The second-order valence-corrected chi connectivity index (χ2v) is 4.58. The lowest BCUT2D eigenvalue weighted by Gasteiger charge is -2.31. The van der Waals surface area contributed by atoms with Gasteiger partial charge in [-0.05, 0) is 24.8 Å². The van der Waals surface area contributed by atoms with Gasteiger partial charge in [-0.15, -0.1) is 0 Å². The van der Waals surface area contributed by atoms with E-state index in [1.165, 1.54) is 32.1 Å². The second kappa shape index (κ2) is 5.62. The molecule has 90 valence electrons. The molecule has 1 aromatic rings. The van der Waals surface area contributed by atoms with Crippen molar-refractivity contribution in [3.05, 3.63) is 18.0 Å². The van der Waals surface area contributed by atoms with Gasteiger partial charge in [0.15, 0.2) is 0 Å². The second-order valence-electron chi connectivity index (χ2n) is 4.58. The van der Waals surface area contributed by atoms with Crippen LogP contribution in [0.15, 0.2) is 12.3 Å². The van der Waals surface area contributed by atoms with E-state index in [2.05, 4.69) is 22.2 Å². The van der Waals surface area contributed by atoms with E-state index in [0.717, 1.165) is 0 Å². The highest BCUT2D eigenvalue weighted by Crippen LogP contribution is 2.28. The molecule has 0 radical (unpaired) electrons. The third-order valence-electron chi connectivity index (χ3n) is 3.52. The predicted molar refractivity (Wildman–Crippen MR) is 66.4 cm³/mol. The number of hydrogen-bond acceptors (Lipinski definition) is 4. The summed E-state index contributed by atoms with van der Waals surface area (Å²) in [4.78, 5) is 8.35. The number of rotatable bonds is 3. The van der Waals surface area contributed by atoms with Crippen molar-refractivity contribution in [2.45, 2.75) is 45.1 Å². The van der Waals surface area contributed by atoms with Crippen molar-refractivity contribution in [2.24, 2.45) is 5.92 Å². The smallest absolute Gasteiger partial charge is 0.224 e. The summed E-state index contributed by atoms with van der Waals surface area (Å²) in [5.41, 5.74) is 0.423. The van der Waals surface area contributed by atoms with Crippen LogP contribution in [0.5, 0.6) is 0 Å². The summed E-state index contributed by atoms with van der Waals surface area (Å²) in [6.45, 7) is 2.23. The van der Waals surface area contributed by atoms with Crippen LogP contribution >= 0.6 is 0 Å². The molecule has 1 heterocycles. The molecule has 1 saturated carbocycles. The van der Waals surface area contributed by atoms with E-state index in [1.807, 2.05) is 6.07 Å². The standard InChI is InChI=1S/C13H18N4/c1-2-10-5-3-4-6-12(10)17-13-15-8-7-11(9-14)16-13/h7-8,10,12H,2-6H2,1H3,(H,15,16,17). The monoisotopic (exact) mass is 230 g/mol. The first-order chi connectivity index (χ1) is 8.33. The van der Waals surface area contributed by atoms with E-state index in [1.54, 1.807) is 12.3 Å². The quantitative estimate of drug-likeness (QED) is 0.867. The molecule has 1 aliphatic carbocycles. The van der Waals surface area contributed by atoms with Gasteiger partial charge in [-0.2, -0.15) is 5.26 Å². The van der Waals surface area contributed by atoms with Crippen molar-refractivity contribution < 1.29 is 0 Å². The Bertz CT molecular complexity index is 410. The Morgan fingerprint density at radius 2 is 2.29 bits per heavy atom. The first-order valence-corrected chi connectivity index (χ1v) is 6.33. The molecule has 0 amide bonds. The highest BCUT2D eigenvalue weighted by atomic mass is 15.1. The molecule has 2 rings (SSSR count). The molecule has 4 heteroatoms. The molecule has 0 saturated heterocycles. The maximum absolute atomic E-state index is 8.80. The Morgan fingerprint density at radius 1 is 1.47 bits per heavy atom. The molecule has 1 N–H and O–H groups in total. The average Bonchev–Trinajstić information content (AvgIpc) is 2.39. The van der Waals surface area contributed by atoms with E-state index in [-0.39, 0.29) is 0 Å². The van der Waals surface area contributed by atoms with Gasteiger partial charge in [-0.25, -0.2) is 9.97 Å². The highest BCUT2D eigenvalue weighted by Gasteiger charge is 2.23. The van der Waals surface area contributed by atoms with Crippen LogP contribution in [0.25, 0.3) is 0 Å². The van der Waals surface area contributed by atoms with Gasteiger partial charge in [0, 0.05) is 12.2 Å². The fraction of sp³-hybridized carbons (Fsp3) is 0.615. The van der Waals surface area contributed by atoms with Crippen LogP contribution < -0.4 is 5.32 Å². The maximum atomic E-state index is 8.80. The van der Waals surface area contributed by atoms with E-state index in [4.69, 9.17) is 5.26 Å². The van der Waals surface area contributed by atoms with E-state index >= 15 is 0 Å². The summed E-state index contributed by atoms with van der Waals surface area (Å²) in [7, 11) is 0.